The minimum absolute atomic E-state index is 0.0369. The summed E-state index contributed by atoms with van der Waals surface area (Å²) in [5.74, 6) is -1.10. The summed E-state index contributed by atoms with van der Waals surface area (Å²) in [5, 5.41) is 14.8. The number of anilines is 1. The standard InChI is InChI=1S/C14H20N2O4/c1-4-15-8-9(2)13(17)16-12-7-10(20-3)5-6-11(12)14(18)19/h5-7,9,15H,4,8H2,1-3H3,(H,16,17)(H,18,19). The number of carboxylic acids is 1. The monoisotopic (exact) mass is 280 g/mol. The van der Waals surface area contributed by atoms with Crippen molar-refractivity contribution < 1.29 is 19.4 Å². The van der Waals surface area contributed by atoms with Crippen LogP contribution in [-0.2, 0) is 4.79 Å². The lowest BCUT2D eigenvalue weighted by molar-refractivity contribution is -0.119. The minimum atomic E-state index is -1.10. The Morgan fingerprint density at radius 2 is 2.10 bits per heavy atom. The lowest BCUT2D eigenvalue weighted by atomic mass is 10.1. The average Bonchev–Trinajstić information content (AvgIpc) is 2.44. The first-order valence-electron chi connectivity index (χ1n) is 6.42. The number of carbonyl (C=O) groups excluding carboxylic acids is 1. The first-order chi connectivity index (χ1) is 9.49. The van der Waals surface area contributed by atoms with E-state index in [1.165, 1.54) is 19.2 Å². The molecule has 0 saturated carbocycles. The molecule has 0 heterocycles. The van der Waals surface area contributed by atoms with Crippen LogP contribution < -0.4 is 15.4 Å². The van der Waals surface area contributed by atoms with Crippen molar-refractivity contribution in [2.45, 2.75) is 13.8 Å². The molecule has 6 nitrogen and oxygen atoms in total. The van der Waals surface area contributed by atoms with Crippen LogP contribution in [0.4, 0.5) is 5.69 Å². The molecule has 1 atom stereocenters. The molecule has 0 saturated heterocycles. The van der Waals surface area contributed by atoms with Gasteiger partial charge in [-0.1, -0.05) is 13.8 Å². The highest BCUT2D eigenvalue weighted by molar-refractivity contribution is 6.01. The van der Waals surface area contributed by atoms with Crippen LogP contribution in [0.15, 0.2) is 18.2 Å². The van der Waals surface area contributed by atoms with E-state index in [1.54, 1.807) is 13.0 Å². The SMILES string of the molecule is CCNCC(C)C(=O)Nc1cc(OC)ccc1C(=O)O. The van der Waals surface area contributed by atoms with Gasteiger partial charge in [-0.25, -0.2) is 4.79 Å². The zero-order valence-electron chi connectivity index (χ0n) is 11.9. The topological polar surface area (TPSA) is 87.7 Å². The second-order valence-corrected chi connectivity index (χ2v) is 4.41. The lowest BCUT2D eigenvalue weighted by Crippen LogP contribution is -2.30. The maximum absolute atomic E-state index is 12.0. The van der Waals surface area contributed by atoms with Crippen molar-refractivity contribution in [3.05, 3.63) is 23.8 Å². The fourth-order valence-electron chi connectivity index (χ4n) is 1.65. The molecule has 1 amide bonds. The summed E-state index contributed by atoms with van der Waals surface area (Å²) in [6.07, 6.45) is 0. The van der Waals surface area contributed by atoms with E-state index in [0.29, 0.717) is 12.3 Å². The predicted molar refractivity (Wildman–Crippen MR) is 76.3 cm³/mol. The van der Waals surface area contributed by atoms with Gasteiger partial charge in [-0.15, -0.1) is 0 Å². The zero-order chi connectivity index (χ0) is 15.1. The van der Waals surface area contributed by atoms with Gasteiger partial charge in [-0.3, -0.25) is 4.79 Å². The van der Waals surface area contributed by atoms with Crippen LogP contribution in [0.2, 0.25) is 0 Å². The number of carbonyl (C=O) groups is 2. The highest BCUT2D eigenvalue weighted by atomic mass is 16.5. The average molecular weight is 280 g/mol. The Hall–Kier alpha value is -2.08. The van der Waals surface area contributed by atoms with Crippen molar-refractivity contribution >= 4 is 17.6 Å². The molecule has 1 aromatic rings. The second-order valence-electron chi connectivity index (χ2n) is 4.41. The lowest BCUT2D eigenvalue weighted by Gasteiger charge is -2.14. The summed E-state index contributed by atoms with van der Waals surface area (Å²) in [6, 6.07) is 4.45. The molecule has 1 rings (SSSR count). The van der Waals surface area contributed by atoms with E-state index < -0.39 is 5.97 Å². The number of hydrogen-bond acceptors (Lipinski definition) is 4. The third-order valence-corrected chi connectivity index (χ3v) is 2.86. The molecule has 0 spiro atoms. The maximum atomic E-state index is 12.0. The number of hydrogen-bond donors (Lipinski definition) is 3. The number of benzene rings is 1. The molecule has 0 aliphatic heterocycles. The van der Waals surface area contributed by atoms with Crippen molar-refractivity contribution in [2.75, 3.05) is 25.5 Å². The summed E-state index contributed by atoms with van der Waals surface area (Å²) >= 11 is 0. The molecular weight excluding hydrogens is 260 g/mol. The minimum Gasteiger partial charge on any atom is -0.497 e. The number of amides is 1. The molecule has 0 radical (unpaired) electrons. The van der Waals surface area contributed by atoms with Crippen molar-refractivity contribution in [2.24, 2.45) is 5.92 Å². The zero-order valence-corrected chi connectivity index (χ0v) is 11.9. The summed E-state index contributed by atoms with van der Waals surface area (Å²) in [5.41, 5.74) is 0.278. The molecule has 0 fully saturated rings. The Kier molecular flexibility index (Phi) is 5.99. The number of nitrogens with one attached hydrogen (secondary N) is 2. The summed E-state index contributed by atoms with van der Waals surface area (Å²) in [7, 11) is 1.48. The Bertz CT molecular complexity index is 488. The molecule has 0 aromatic heterocycles. The van der Waals surface area contributed by atoms with Crippen molar-refractivity contribution in [1.29, 1.82) is 0 Å². The Balaban J connectivity index is 2.89. The van der Waals surface area contributed by atoms with E-state index >= 15 is 0 Å². The molecule has 20 heavy (non-hydrogen) atoms. The molecule has 0 bridgehead atoms. The number of rotatable bonds is 7. The van der Waals surface area contributed by atoms with Crippen LogP contribution in [0.5, 0.6) is 5.75 Å². The molecule has 3 N–H and O–H groups in total. The summed E-state index contributed by atoms with van der Waals surface area (Å²) in [4.78, 5) is 23.1. The Morgan fingerprint density at radius 3 is 2.65 bits per heavy atom. The van der Waals surface area contributed by atoms with Gasteiger partial charge in [-0.05, 0) is 18.7 Å². The Labute approximate surface area is 118 Å². The fourth-order valence-corrected chi connectivity index (χ4v) is 1.65. The highest BCUT2D eigenvalue weighted by Gasteiger charge is 2.17. The Morgan fingerprint density at radius 1 is 1.40 bits per heavy atom. The van der Waals surface area contributed by atoms with Crippen LogP contribution in [0.25, 0.3) is 0 Å². The number of carboxylic acid groups (broad SMARTS) is 1. The van der Waals surface area contributed by atoms with Gasteiger partial charge in [0.2, 0.25) is 5.91 Å². The highest BCUT2D eigenvalue weighted by Crippen LogP contribution is 2.23. The normalized spacial score (nSPS) is 11.8. The van der Waals surface area contributed by atoms with Crippen molar-refractivity contribution in [3.8, 4) is 5.75 Å². The molecular formula is C14H20N2O4. The van der Waals surface area contributed by atoms with Gasteiger partial charge in [0.05, 0.1) is 18.4 Å². The van der Waals surface area contributed by atoms with Gasteiger partial charge < -0.3 is 20.5 Å². The van der Waals surface area contributed by atoms with E-state index in [4.69, 9.17) is 9.84 Å². The van der Waals surface area contributed by atoms with E-state index in [-0.39, 0.29) is 23.1 Å². The van der Waals surface area contributed by atoms with Crippen LogP contribution in [0, 0.1) is 5.92 Å². The smallest absolute Gasteiger partial charge is 0.337 e. The van der Waals surface area contributed by atoms with E-state index in [1.807, 2.05) is 6.92 Å². The second kappa shape index (κ2) is 7.49. The van der Waals surface area contributed by atoms with E-state index in [9.17, 15) is 9.59 Å². The van der Waals surface area contributed by atoms with Gasteiger partial charge in [0.15, 0.2) is 0 Å². The molecule has 110 valence electrons. The molecule has 1 unspecified atom stereocenters. The van der Waals surface area contributed by atoms with Gasteiger partial charge in [0, 0.05) is 18.5 Å². The van der Waals surface area contributed by atoms with E-state index in [2.05, 4.69) is 10.6 Å². The first kappa shape index (κ1) is 16.0. The quantitative estimate of drug-likeness (QED) is 0.705. The predicted octanol–water partition coefficient (Wildman–Crippen LogP) is 1.58. The van der Waals surface area contributed by atoms with Gasteiger partial charge in [-0.2, -0.15) is 0 Å². The van der Waals surface area contributed by atoms with Crippen molar-refractivity contribution in [3.63, 3.8) is 0 Å². The third kappa shape index (κ3) is 4.24. The molecule has 6 heteroatoms. The van der Waals surface area contributed by atoms with Crippen LogP contribution in [0.1, 0.15) is 24.2 Å². The van der Waals surface area contributed by atoms with Gasteiger partial charge in [0.1, 0.15) is 5.75 Å². The van der Waals surface area contributed by atoms with E-state index in [0.717, 1.165) is 6.54 Å². The van der Waals surface area contributed by atoms with Crippen LogP contribution in [0.3, 0.4) is 0 Å². The number of ether oxygens (including phenoxy) is 1. The molecule has 1 aromatic carbocycles. The van der Waals surface area contributed by atoms with Gasteiger partial charge >= 0.3 is 5.97 Å². The summed E-state index contributed by atoms with van der Waals surface area (Å²) < 4.78 is 5.04. The van der Waals surface area contributed by atoms with Crippen LogP contribution >= 0.6 is 0 Å². The van der Waals surface area contributed by atoms with Crippen molar-refractivity contribution in [1.82, 2.24) is 5.32 Å². The third-order valence-electron chi connectivity index (χ3n) is 2.86. The maximum Gasteiger partial charge on any atom is 0.337 e. The van der Waals surface area contributed by atoms with Crippen LogP contribution in [-0.4, -0.2) is 37.2 Å². The van der Waals surface area contributed by atoms with Gasteiger partial charge in [0.25, 0.3) is 0 Å². The fraction of sp³-hybridized carbons (Fsp3) is 0.429. The first-order valence-corrected chi connectivity index (χ1v) is 6.42. The molecule has 0 aliphatic rings. The number of aromatic carboxylic acids is 1. The summed E-state index contributed by atoms with van der Waals surface area (Å²) in [6.45, 7) is 5.04. The number of methoxy groups -OCH3 is 1. The largest absolute Gasteiger partial charge is 0.497 e. The molecule has 0 aliphatic carbocycles.